The predicted molar refractivity (Wildman–Crippen MR) is 98.1 cm³/mol. The second kappa shape index (κ2) is 6.76. The Balaban J connectivity index is 1.86. The van der Waals surface area contributed by atoms with E-state index in [-0.39, 0.29) is 23.1 Å². The lowest BCUT2D eigenvalue weighted by molar-refractivity contribution is 0.119. The molecule has 1 atom stereocenters. The van der Waals surface area contributed by atoms with E-state index in [0.717, 1.165) is 22.8 Å². The quantitative estimate of drug-likeness (QED) is 0.803. The number of ether oxygens (including phenoxy) is 1. The minimum atomic E-state index is -3.00. The standard InChI is InChI=1S/C17H24N4O3S/c1-3-15(18)13-8-21-17(14-9-20-16(19)7-12(13)14)24-10-5-11(6-10)25(22,23)4-2/h7-11,15H,3-6,18H2,1-2H3,(H2,19,20)/t10?,11?,15-/m1/s1. The average Bonchev–Trinajstić information content (AvgIpc) is 2.56. The summed E-state index contributed by atoms with van der Waals surface area (Å²) in [6.45, 7) is 3.68. The monoisotopic (exact) mass is 364 g/mol. The molecular formula is C17H24N4O3S. The molecule has 0 saturated heterocycles. The number of pyridine rings is 2. The summed E-state index contributed by atoms with van der Waals surface area (Å²) in [4.78, 5) is 8.54. The SMILES string of the molecule is CC[C@@H](N)c1cnc(OC2CC(S(=O)(=O)CC)C2)c2cnc(N)cc12. The summed E-state index contributed by atoms with van der Waals surface area (Å²) in [6.07, 6.45) is 4.97. The van der Waals surface area contributed by atoms with Crippen LogP contribution in [0.25, 0.3) is 10.8 Å². The van der Waals surface area contributed by atoms with Crippen molar-refractivity contribution in [3.8, 4) is 5.88 Å². The van der Waals surface area contributed by atoms with Crippen molar-refractivity contribution in [2.75, 3.05) is 11.5 Å². The molecule has 0 amide bonds. The lowest BCUT2D eigenvalue weighted by Gasteiger charge is -2.34. The van der Waals surface area contributed by atoms with Crippen molar-refractivity contribution in [3.63, 3.8) is 0 Å². The van der Waals surface area contributed by atoms with Crippen LogP contribution < -0.4 is 16.2 Å². The molecule has 0 aliphatic heterocycles. The Morgan fingerprint density at radius 1 is 1.24 bits per heavy atom. The van der Waals surface area contributed by atoms with Gasteiger partial charge in [-0.15, -0.1) is 0 Å². The number of aromatic nitrogens is 2. The van der Waals surface area contributed by atoms with Gasteiger partial charge in [-0.25, -0.2) is 18.4 Å². The van der Waals surface area contributed by atoms with E-state index in [2.05, 4.69) is 9.97 Å². The van der Waals surface area contributed by atoms with E-state index in [1.54, 1.807) is 25.4 Å². The minimum absolute atomic E-state index is 0.145. The molecule has 7 nitrogen and oxygen atoms in total. The number of hydrogen-bond donors (Lipinski definition) is 2. The molecule has 0 unspecified atom stereocenters. The summed E-state index contributed by atoms with van der Waals surface area (Å²) in [5, 5.41) is 1.32. The zero-order valence-corrected chi connectivity index (χ0v) is 15.3. The minimum Gasteiger partial charge on any atom is -0.474 e. The van der Waals surface area contributed by atoms with Crippen LogP contribution in [0.2, 0.25) is 0 Å². The molecule has 2 aromatic heterocycles. The summed E-state index contributed by atoms with van der Waals surface area (Å²) in [5.74, 6) is 1.03. The van der Waals surface area contributed by atoms with E-state index in [4.69, 9.17) is 16.2 Å². The summed E-state index contributed by atoms with van der Waals surface area (Å²) in [5.41, 5.74) is 12.9. The number of sulfone groups is 1. The van der Waals surface area contributed by atoms with Gasteiger partial charge in [-0.2, -0.15) is 0 Å². The zero-order valence-electron chi connectivity index (χ0n) is 14.5. The Morgan fingerprint density at radius 2 is 1.96 bits per heavy atom. The van der Waals surface area contributed by atoms with E-state index in [9.17, 15) is 8.42 Å². The van der Waals surface area contributed by atoms with E-state index in [1.807, 2.05) is 6.92 Å². The van der Waals surface area contributed by atoms with Gasteiger partial charge in [0.2, 0.25) is 5.88 Å². The topological polar surface area (TPSA) is 121 Å². The number of nitrogen functional groups attached to an aromatic ring is 1. The summed E-state index contributed by atoms with van der Waals surface area (Å²) in [6, 6.07) is 1.63. The van der Waals surface area contributed by atoms with Crippen molar-refractivity contribution in [1.82, 2.24) is 9.97 Å². The van der Waals surface area contributed by atoms with Crippen molar-refractivity contribution in [2.45, 2.75) is 50.5 Å². The van der Waals surface area contributed by atoms with Crippen molar-refractivity contribution in [3.05, 3.63) is 24.0 Å². The maximum atomic E-state index is 11.9. The van der Waals surface area contributed by atoms with E-state index in [1.165, 1.54) is 0 Å². The van der Waals surface area contributed by atoms with Crippen molar-refractivity contribution in [2.24, 2.45) is 5.73 Å². The molecule has 4 N–H and O–H groups in total. The summed E-state index contributed by atoms with van der Waals surface area (Å²) >= 11 is 0. The highest BCUT2D eigenvalue weighted by atomic mass is 32.2. The molecule has 136 valence electrons. The van der Waals surface area contributed by atoms with Gasteiger partial charge in [0, 0.05) is 37.0 Å². The van der Waals surface area contributed by atoms with Crippen molar-refractivity contribution in [1.29, 1.82) is 0 Å². The Hall–Kier alpha value is -1.93. The maximum absolute atomic E-state index is 11.9. The molecule has 25 heavy (non-hydrogen) atoms. The Kier molecular flexibility index (Phi) is 4.83. The number of nitrogens with zero attached hydrogens (tertiary/aromatic N) is 2. The molecule has 0 spiro atoms. The number of anilines is 1. The van der Waals surface area contributed by atoms with E-state index >= 15 is 0 Å². The van der Waals surface area contributed by atoms with Gasteiger partial charge in [-0.1, -0.05) is 13.8 Å². The number of nitrogens with two attached hydrogens (primary N) is 2. The van der Waals surface area contributed by atoms with Crippen LogP contribution in [0.4, 0.5) is 5.82 Å². The van der Waals surface area contributed by atoms with Crippen molar-refractivity contribution < 1.29 is 13.2 Å². The highest BCUT2D eigenvalue weighted by molar-refractivity contribution is 7.92. The van der Waals surface area contributed by atoms with Gasteiger partial charge in [-0.05, 0) is 23.4 Å². The van der Waals surface area contributed by atoms with Crippen LogP contribution in [-0.4, -0.2) is 35.5 Å². The highest BCUT2D eigenvalue weighted by Crippen LogP contribution is 2.35. The smallest absolute Gasteiger partial charge is 0.223 e. The highest BCUT2D eigenvalue weighted by Gasteiger charge is 2.39. The van der Waals surface area contributed by atoms with Crippen LogP contribution in [-0.2, 0) is 9.84 Å². The Morgan fingerprint density at radius 3 is 2.60 bits per heavy atom. The second-order valence-electron chi connectivity index (χ2n) is 6.47. The molecule has 3 rings (SSSR count). The first kappa shape index (κ1) is 17.9. The fourth-order valence-electron chi connectivity index (χ4n) is 3.06. The van der Waals surface area contributed by atoms with Gasteiger partial charge in [0.15, 0.2) is 9.84 Å². The molecule has 2 aromatic rings. The average molecular weight is 364 g/mol. The van der Waals surface area contributed by atoms with Gasteiger partial charge in [0.25, 0.3) is 0 Å². The van der Waals surface area contributed by atoms with Gasteiger partial charge in [0.1, 0.15) is 11.9 Å². The number of hydrogen-bond acceptors (Lipinski definition) is 7. The van der Waals surface area contributed by atoms with Crippen molar-refractivity contribution >= 4 is 26.4 Å². The predicted octanol–water partition coefficient (Wildman–Crippen LogP) is 1.97. The molecule has 8 heteroatoms. The van der Waals surface area contributed by atoms with Gasteiger partial charge < -0.3 is 16.2 Å². The third-order valence-electron chi connectivity index (χ3n) is 4.87. The Bertz CT molecular complexity index is 879. The van der Waals surface area contributed by atoms with Crippen LogP contribution >= 0.6 is 0 Å². The van der Waals surface area contributed by atoms with Gasteiger partial charge in [-0.3, -0.25) is 0 Å². The zero-order chi connectivity index (χ0) is 18.2. The molecule has 1 aliphatic rings. The van der Waals surface area contributed by atoms with Crippen LogP contribution in [0.3, 0.4) is 0 Å². The molecule has 2 heterocycles. The first-order valence-corrected chi connectivity index (χ1v) is 10.2. The molecule has 0 radical (unpaired) electrons. The molecular weight excluding hydrogens is 340 g/mol. The van der Waals surface area contributed by atoms with E-state index < -0.39 is 9.84 Å². The maximum Gasteiger partial charge on any atom is 0.223 e. The fraction of sp³-hybridized carbons (Fsp3) is 0.529. The number of rotatable bonds is 6. The van der Waals surface area contributed by atoms with Crippen LogP contribution in [0.1, 0.15) is 44.7 Å². The summed E-state index contributed by atoms with van der Waals surface area (Å²) < 4.78 is 29.7. The second-order valence-corrected chi connectivity index (χ2v) is 9.04. The summed E-state index contributed by atoms with van der Waals surface area (Å²) in [7, 11) is -3.00. The third-order valence-corrected chi connectivity index (χ3v) is 7.07. The van der Waals surface area contributed by atoms with Gasteiger partial charge >= 0.3 is 0 Å². The molecule has 0 bridgehead atoms. The third kappa shape index (κ3) is 3.41. The first-order chi connectivity index (χ1) is 11.9. The first-order valence-electron chi connectivity index (χ1n) is 8.53. The lowest BCUT2D eigenvalue weighted by atomic mass is 9.95. The van der Waals surface area contributed by atoms with Crippen LogP contribution in [0.15, 0.2) is 18.5 Å². The Labute approximate surface area is 147 Å². The normalized spacial score (nSPS) is 21.7. The molecule has 1 fully saturated rings. The lowest BCUT2D eigenvalue weighted by Crippen LogP contribution is -2.43. The molecule has 1 aliphatic carbocycles. The largest absolute Gasteiger partial charge is 0.474 e. The molecule has 1 saturated carbocycles. The fourth-order valence-corrected chi connectivity index (χ4v) is 4.54. The number of fused-ring (bicyclic) bond motifs is 1. The van der Waals surface area contributed by atoms with Crippen LogP contribution in [0, 0.1) is 0 Å². The molecule has 0 aromatic carbocycles. The van der Waals surface area contributed by atoms with Crippen LogP contribution in [0.5, 0.6) is 5.88 Å². The van der Waals surface area contributed by atoms with Gasteiger partial charge in [0.05, 0.1) is 10.6 Å². The van der Waals surface area contributed by atoms with E-state index in [0.29, 0.717) is 24.5 Å².